The van der Waals surface area contributed by atoms with Crippen LogP contribution in [0.25, 0.3) is 0 Å². The van der Waals surface area contributed by atoms with Crippen LogP contribution >= 0.6 is 0 Å². The summed E-state index contributed by atoms with van der Waals surface area (Å²) in [5.41, 5.74) is 0. The van der Waals surface area contributed by atoms with E-state index in [0.717, 1.165) is 0 Å². The molecule has 3 nitrogen and oxygen atoms in total. The Morgan fingerprint density at radius 1 is 0.350 bits per heavy atom. The maximum atomic E-state index is 13.6. The van der Waals surface area contributed by atoms with Crippen LogP contribution in [0.5, 0.6) is 0 Å². The van der Waals surface area contributed by atoms with Crippen molar-refractivity contribution in [1.29, 1.82) is 0 Å². The summed E-state index contributed by atoms with van der Waals surface area (Å²) < 4.78 is 345. The zero-order chi connectivity index (χ0) is 33.6. The summed E-state index contributed by atoms with van der Waals surface area (Å²) in [6.07, 6.45) is -8.19. The van der Waals surface area contributed by atoms with Gasteiger partial charge >= 0.3 is 64.2 Å². The molecule has 0 radical (unpaired) electrons. The van der Waals surface area contributed by atoms with Crippen LogP contribution < -0.4 is 0 Å². The summed E-state index contributed by atoms with van der Waals surface area (Å²) in [7, 11) is -10.2. The van der Waals surface area contributed by atoms with Crippen LogP contribution in [-0.4, -0.2) is 78.0 Å². The summed E-state index contributed by atoms with van der Waals surface area (Å²) >= 11 is 0. The smallest absolute Gasteiger partial charge is 0.216 e. The second-order valence-electron chi connectivity index (χ2n) is 6.83. The molecule has 0 unspecified atom stereocenters. The van der Waals surface area contributed by atoms with E-state index in [1.165, 1.54) is 0 Å². The molecule has 0 aromatic carbocycles. The van der Waals surface area contributed by atoms with Crippen LogP contribution in [0, 0.1) is 0 Å². The van der Waals surface area contributed by atoms with E-state index in [9.17, 15) is 118 Å². The zero-order valence-electron chi connectivity index (χ0n) is 16.6. The van der Waals surface area contributed by atoms with Crippen molar-refractivity contribution in [3.63, 3.8) is 0 Å². The lowest BCUT2D eigenvalue weighted by Gasteiger charge is -2.43. The first-order valence-electron chi connectivity index (χ1n) is 7.90. The molecular weight excluding hydrogens is 685 g/mol. The van der Waals surface area contributed by atoms with Crippen molar-refractivity contribution in [2.24, 2.45) is 0 Å². The van der Waals surface area contributed by atoms with Crippen molar-refractivity contribution in [3.05, 3.63) is 0 Å². The second kappa shape index (κ2) is 9.08. The first-order valence-corrected chi connectivity index (χ1v) is 9.38. The molecule has 0 fully saturated rings. The lowest BCUT2D eigenvalue weighted by atomic mass is 9.91. The molecule has 242 valence electrons. The van der Waals surface area contributed by atoms with E-state index in [1.807, 2.05) is 0 Å². The Bertz CT molecular complexity index is 1050. The SMILES string of the molecule is O=S(=O)(C(F)(F)C(F)(F)C(F)(F)N(F)F)C(F)(F)C(F)(F)C(F)(F)C(F)(F)C(F)(F)C(F)(F)C(F)(F)C(F)(F)F. The largest absolute Gasteiger partial charge is 0.460 e. The quantitative estimate of drug-likeness (QED) is 0.131. The summed E-state index contributed by atoms with van der Waals surface area (Å²) in [6, 6.07) is -8.08. The molecule has 0 heterocycles. The van der Waals surface area contributed by atoms with Crippen LogP contribution in [-0.2, 0) is 9.84 Å². The van der Waals surface area contributed by atoms with E-state index in [4.69, 9.17) is 0 Å². The summed E-state index contributed by atoms with van der Waals surface area (Å²) in [6.45, 7) is 0. The monoisotopic (exact) mass is 685 g/mol. The van der Waals surface area contributed by atoms with Gasteiger partial charge in [-0.15, -0.1) is 0 Å². The highest BCUT2D eigenvalue weighted by atomic mass is 32.2. The Labute approximate surface area is 199 Å². The van der Waals surface area contributed by atoms with E-state index in [-0.39, 0.29) is 0 Å². The van der Waals surface area contributed by atoms with Crippen molar-refractivity contribution in [2.75, 3.05) is 0 Å². The third-order valence-corrected chi connectivity index (χ3v) is 6.19. The van der Waals surface area contributed by atoms with Crippen LogP contribution in [0.15, 0.2) is 0 Å². The first-order chi connectivity index (χ1) is 16.7. The fraction of sp³-hybridized carbons (Fsp3) is 1.00. The molecule has 0 aromatic heterocycles. The van der Waals surface area contributed by atoms with Gasteiger partial charge in [0.2, 0.25) is 0 Å². The van der Waals surface area contributed by atoms with Gasteiger partial charge in [0.25, 0.3) is 9.84 Å². The fourth-order valence-electron chi connectivity index (χ4n) is 1.93. The Kier molecular flexibility index (Phi) is 8.66. The average Bonchev–Trinajstić information content (AvgIpc) is 2.71. The molecule has 40 heavy (non-hydrogen) atoms. The number of sulfone groups is 1. The molecule has 0 aliphatic heterocycles. The maximum Gasteiger partial charge on any atom is 0.460 e. The number of nitrogens with zero attached hydrogens (tertiary/aromatic N) is 1. The van der Waals surface area contributed by atoms with E-state index in [2.05, 4.69) is 0 Å². The molecule has 0 rings (SSSR count). The number of hydrogen-bond donors (Lipinski definition) is 0. The van der Waals surface area contributed by atoms with E-state index >= 15 is 0 Å². The lowest BCUT2D eigenvalue weighted by molar-refractivity contribution is -0.458. The van der Waals surface area contributed by atoms with Gasteiger partial charge in [-0.1, -0.05) is 8.96 Å². The van der Waals surface area contributed by atoms with Gasteiger partial charge in [0.15, 0.2) is 0 Å². The highest BCUT2D eigenvalue weighted by molar-refractivity contribution is 7.93. The van der Waals surface area contributed by atoms with Crippen LogP contribution in [0.1, 0.15) is 0 Å². The first kappa shape index (κ1) is 38.2. The summed E-state index contributed by atoms with van der Waals surface area (Å²) in [5.74, 6) is -64.6. The van der Waals surface area contributed by atoms with Crippen LogP contribution in [0.3, 0.4) is 0 Å². The zero-order valence-corrected chi connectivity index (χ0v) is 17.4. The molecular formula is C11F25NO2S. The van der Waals surface area contributed by atoms with Crippen LogP contribution in [0.2, 0.25) is 0 Å². The maximum absolute atomic E-state index is 13.6. The van der Waals surface area contributed by atoms with Crippen LogP contribution in [0.4, 0.5) is 110 Å². The molecule has 29 heteroatoms. The Morgan fingerprint density at radius 2 is 0.575 bits per heavy atom. The van der Waals surface area contributed by atoms with Gasteiger partial charge in [-0.3, -0.25) is 0 Å². The highest BCUT2D eigenvalue weighted by Gasteiger charge is 2.98. The van der Waals surface area contributed by atoms with Gasteiger partial charge in [-0.25, -0.2) is 8.42 Å². The van der Waals surface area contributed by atoms with Crippen molar-refractivity contribution >= 4 is 9.84 Å². The molecule has 0 saturated heterocycles. The van der Waals surface area contributed by atoms with Crippen molar-refractivity contribution in [2.45, 2.75) is 64.2 Å². The molecule has 0 bridgehead atoms. The molecule has 0 atom stereocenters. The number of halogens is 25. The molecule has 0 aliphatic rings. The van der Waals surface area contributed by atoms with Gasteiger partial charge < -0.3 is 0 Å². The lowest BCUT2D eigenvalue weighted by Crippen LogP contribution is -2.76. The molecule has 0 saturated carbocycles. The molecule has 0 N–H and O–H groups in total. The van der Waals surface area contributed by atoms with Gasteiger partial charge in [0.05, 0.1) is 5.34 Å². The normalized spacial score (nSPS) is 17.1. The minimum atomic E-state index is -10.2. The Hall–Kier alpha value is -1.84. The topological polar surface area (TPSA) is 37.4 Å². The number of hydrogen-bond acceptors (Lipinski definition) is 3. The van der Waals surface area contributed by atoms with Gasteiger partial charge in [0, 0.05) is 0 Å². The van der Waals surface area contributed by atoms with E-state index in [1.54, 1.807) is 0 Å². The van der Waals surface area contributed by atoms with Crippen molar-refractivity contribution in [3.8, 4) is 0 Å². The molecule has 0 aliphatic carbocycles. The molecule has 0 spiro atoms. The van der Waals surface area contributed by atoms with Crippen molar-refractivity contribution in [1.82, 2.24) is 5.34 Å². The Balaban J connectivity index is 7.41. The number of rotatable bonds is 11. The molecule has 0 aromatic rings. The third-order valence-electron chi connectivity index (χ3n) is 4.32. The highest BCUT2D eigenvalue weighted by Crippen LogP contribution is 2.66. The minimum absolute atomic E-state index is 4.45. The fourth-order valence-corrected chi connectivity index (χ4v) is 3.18. The van der Waals surface area contributed by atoms with Gasteiger partial charge in [-0.05, 0) is 0 Å². The summed E-state index contributed by atoms with van der Waals surface area (Å²) in [4.78, 5) is 0. The Morgan fingerprint density at radius 3 is 0.825 bits per heavy atom. The van der Waals surface area contributed by atoms with Crippen molar-refractivity contribution < 1.29 is 118 Å². The average molecular weight is 685 g/mol. The van der Waals surface area contributed by atoms with E-state index < -0.39 is 79.4 Å². The molecule has 0 amide bonds. The standard InChI is InChI=1S/C11F25NO2S/c12-1(13,3(16,17)5(20,21)8(26,27)28)2(14,15)4(18,19)6(22,23)10(31,32)40(38,39)11(33,34)7(24,25)9(29,30)37(35)36. The van der Waals surface area contributed by atoms with Gasteiger partial charge in [0.1, 0.15) is 0 Å². The van der Waals surface area contributed by atoms with E-state index in [0.29, 0.717) is 0 Å². The third kappa shape index (κ3) is 4.20. The van der Waals surface area contributed by atoms with Gasteiger partial charge in [-0.2, -0.15) is 101 Å². The minimum Gasteiger partial charge on any atom is -0.216 e. The predicted octanol–water partition coefficient (Wildman–Crippen LogP) is 7.26. The predicted molar refractivity (Wildman–Crippen MR) is 68.5 cm³/mol. The second-order valence-corrected chi connectivity index (χ2v) is 8.86. The summed E-state index contributed by atoms with van der Waals surface area (Å²) in [5, 5.41) is -22.8. The number of alkyl halides is 23.